The average Bonchev–Trinajstić information content (AvgIpc) is 3.55. The number of aliphatic hydroxyl groups excluding tert-OH is 11. The summed E-state index contributed by atoms with van der Waals surface area (Å²) >= 11 is 0. The number of unbranched alkanes of at least 4 members (excludes halogenated alkanes) is 16. The molecular weight excluding hydrogens is 1050 g/mol. The molecule has 0 aromatic heterocycles. The Balaban J connectivity index is 1.27. The third kappa shape index (κ3) is 28.3. The number of carbonyl (C=O) groups is 1. The van der Waals surface area contributed by atoms with Crippen molar-refractivity contribution in [1.29, 1.82) is 0 Å². The zero-order chi connectivity index (χ0) is 59.0. The van der Waals surface area contributed by atoms with Gasteiger partial charge in [-0.25, -0.2) is 0 Å². The molecule has 3 saturated heterocycles. The van der Waals surface area contributed by atoms with Crippen LogP contribution in [-0.2, 0) is 33.2 Å². The number of hydrogen-bond acceptors (Lipinski definition) is 18. The van der Waals surface area contributed by atoms with Gasteiger partial charge in [0, 0.05) is 6.42 Å². The minimum atomic E-state index is -1.97. The molecule has 0 radical (unpaired) electrons. The van der Waals surface area contributed by atoms with E-state index in [-0.39, 0.29) is 18.9 Å². The van der Waals surface area contributed by atoms with Gasteiger partial charge >= 0.3 is 0 Å². The molecule has 12 N–H and O–H groups in total. The van der Waals surface area contributed by atoms with E-state index in [0.29, 0.717) is 19.3 Å². The fourth-order valence-electron chi connectivity index (χ4n) is 10.0. The third-order valence-corrected chi connectivity index (χ3v) is 15.0. The normalized spacial score (nSPS) is 30.3. The average molecular weight is 1150 g/mol. The van der Waals surface area contributed by atoms with E-state index >= 15 is 0 Å². The van der Waals surface area contributed by atoms with Crippen LogP contribution in [-0.4, -0.2) is 193 Å². The van der Waals surface area contributed by atoms with Gasteiger partial charge in [-0.3, -0.25) is 4.79 Å². The molecule has 17 atom stereocenters. The minimum Gasteiger partial charge on any atom is -0.394 e. The molecule has 81 heavy (non-hydrogen) atoms. The number of amides is 1. The number of nitrogens with one attached hydrogen (secondary N) is 1. The van der Waals surface area contributed by atoms with Gasteiger partial charge in [0.1, 0.15) is 73.2 Å². The lowest BCUT2D eigenvalue weighted by Crippen LogP contribution is -2.66. The summed E-state index contributed by atoms with van der Waals surface area (Å²) in [6.07, 6.45) is 27.1. The molecular formula is C62H107NO18. The Hall–Kier alpha value is -2.77. The predicted octanol–water partition coefficient (Wildman–Crippen LogP) is 5.82. The van der Waals surface area contributed by atoms with E-state index in [2.05, 4.69) is 85.2 Å². The first kappa shape index (κ1) is 72.5. The highest BCUT2D eigenvalue weighted by molar-refractivity contribution is 5.76. The monoisotopic (exact) mass is 1150 g/mol. The van der Waals surface area contributed by atoms with Crippen molar-refractivity contribution in [3.63, 3.8) is 0 Å². The molecule has 3 aliphatic heterocycles. The molecule has 1 amide bonds. The summed E-state index contributed by atoms with van der Waals surface area (Å²) in [6.45, 7) is 1.47. The van der Waals surface area contributed by atoms with Crippen molar-refractivity contribution < 1.29 is 89.4 Å². The number of allylic oxidation sites excluding steroid dienone is 12. The largest absolute Gasteiger partial charge is 0.394 e. The van der Waals surface area contributed by atoms with Crippen LogP contribution in [0, 0.1) is 0 Å². The van der Waals surface area contributed by atoms with E-state index < -0.39 is 124 Å². The lowest BCUT2D eigenvalue weighted by Gasteiger charge is -2.48. The Morgan fingerprint density at radius 1 is 0.457 bits per heavy atom. The highest BCUT2D eigenvalue weighted by Crippen LogP contribution is 2.33. The highest BCUT2D eigenvalue weighted by atomic mass is 16.8. The summed E-state index contributed by atoms with van der Waals surface area (Å²) in [4.78, 5) is 13.2. The van der Waals surface area contributed by atoms with Gasteiger partial charge in [-0.1, -0.05) is 183 Å². The van der Waals surface area contributed by atoms with E-state index in [0.717, 1.165) is 77.0 Å². The molecule has 3 fully saturated rings. The number of ether oxygens (including phenoxy) is 6. The Morgan fingerprint density at radius 2 is 0.852 bits per heavy atom. The van der Waals surface area contributed by atoms with E-state index in [4.69, 9.17) is 28.4 Å². The maximum atomic E-state index is 13.2. The maximum absolute atomic E-state index is 13.2. The fourth-order valence-corrected chi connectivity index (χ4v) is 10.0. The molecule has 19 heteroatoms. The highest BCUT2D eigenvalue weighted by Gasteiger charge is 2.53. The second-order valence-electron chi connectivity index (χ2n) is 21.8. The van der Waals surface area contributed by atoms with E-state index in [1.165, 1.54) is 64.2 Å². The quantitative estimate of drug-likeness (QED) is 0.0253. The molecule has 0 aromatic rings. The second kappa shape index (κ2) is 44.7. The molecule has 3 heterocycles. The first-order chi connectivity index (χ1) is 39.3. The van der Waals surface area contributed by atoms with Gasteiger partial charge in [0.15, 0.2) is 18.9 Å². The fraction of sp³-hybridized carbons (Fsp3) is 0.790. The van der Waals surface area contributed by atoms with Crippen LogP contribution in [0.1, 0.15) is 181 Å². The number of hydrogen-bond donors (Lipinski definition) is 12. The lowest BCUT2D eigenvalue weighted by atomic mass is 9.96. The SMILES string of the molecule is CC/C=C\C/C=C\C/C=C\C/C=C\C/C=C\C/C=C\CCCCCCCCCCCCCCCCC(=O)NC(COC1OC(CO)C(OC2OC(CO)C(OC3OC(CO)C(O)C(O)C3O)C(O)C2O)C(O)C1O)C(O)CCCCC. The summed E-state index contributed by atoms with van der Waals surface area (Å²) in [5.41, 5.74) is 0. The molecule has 3 rings (SSSR count). The van der Waals surface area contributed by atoms with Crippen LogP contribution in [0.3, 0.4) is 0 Å². The van der Waals surface area contributed by atoms with Crippen molar-refractivity contribution in [2.24, 2.45) is 0 Å². The van der Waals surface area contributed by atoms with Gasteiger partial charge in [-0.05, 0) is 64.2 Å². The topological polar surface area (TPSA) is 307 Å². The van der Waals surface area contributed by atoms with Gasteiger partial charge in [0.2, 0.25) is 5.91 Å². The third-order valence-electron chi connectivity index (χ3n) is 15.0. The van der Waals surface area contributed by atoms with Crippen LogP contribution in [0.25, 0.3) is 0 Å². The molecule has 0 spiro atoms. The predicted molar refractivity (Wildman–Crippen MR) is 309 cm³/mol. The first-order valence-corrected chi connectivity index (χ1v) is 30.7. The van der Waals surface area contributed by atoms with Crippen molar-refractivity contribution in [1.82, 2.24) is 5.32 Å². The van der Waals surface area contributed by atoms with Crippen molar-refractivity contribution in [2.75, 3.05) is 26.4 Å². The molecule has 3 aliphatic rings. The van der Waals surface area contributed by atoms with Gasteiger partial charge in [-0.2, -0.15) is 0 Å². The molecule has 17 unspecified atom stereocenters. The van der Waals surface area contributed by atoms with Gasteiger partial charge in [-0.15, -0.1) is 0 Å². The smallest absolute Gasteiger partial charge is 0.220 e. The lowest BCUT2D eigenvalue weighted by molar-refractivity contribution is -0.379. The Bertz CT molecular complexity index is 1760. The van der Waals surface area contributed by atoms with Gasteiger partial charge in [0.25, 0.3) is 0 Å². The van der Waals surface area contributed by atoms with E-state index in [1.54, 1.807) is 0 Å². The van der Waals surface area contributed by atoms with Crippen molar-refractivity contribution in [3.8, 4) is 0 Å². The molecule has 0 aliphatic carbocycles. The maximum Gasteiger partial charge on any atom is 0.220 e. The van der Waals surface area contributed by atoms with Crippen molar-refractivity contribution >= 4 is 5.91 Å². The molecule has 0 bridgehead atoms. The minimum absolute atomic E-state index is 0.259. The molecule has 468 valence electrons. The molecule has 0 saturated carbocycles. The standard InChI is InChI=1S/C62H107NO18/c1-3-5-7-8-9-10-11-12-13-14-15-16-17-18-19-20-21-22-23-24-25-26-27-28-29-30-31-32-33-34-35-36-38-40-50(68)63-45(46(67)39-37-6-4-2)44-76-60-56(74)53(71)58(48(42-65)78-60)81-62-57(75)54(72)59(49(43-66)79-62)80-61-55(73)52(70)51(69)47(41-64)77-61/h5,7,9-10,12-13,15-16,18-19,21-22,45-49,51-62,64-67,69-75H,3-4,6,8,11,14,17,20,23-44H2,1-2H3,(H,63,68)/b7-5-,10-9-,13-12-,16-15-,19-18-,22-21-. The van der Waals surface area contributed by atoms with Crippen LogP contribution in [0.4, 0.5) is 0 Å². The molecule has 0 aromatic carbocycles. The zero-order valence-corrected chi connectivity index (χ0v) is 48.7. The van der Waals surface area contributed by atoms with Crippen LogP contribution >= 0.6 is 0 Å². The Labute approximate surface area is 483 Å². The summed E-state index contributed by atoms with van der Waals surface area (Å²) in [5.74, 6) is -0.259. The second-order valence-corrected chi connectivity index (χ2v) is 21.8. The summed E-state index contributed by atoms with van der Waals surface area (Å²) in [5, 5.41) is 119. The van der Waals surface area contributed by atoms with Gasteiger partial charge < -0.3 is 89.9 Å². The number of carbonyl (C=O) groups excluding carboxylic acids is 1. The van der Waals surface area contributed by atoms with Crippen molar-refractivity contribution in [3.05, 3.63) is 72.9 Å². The van der Waals surface area contributed by atoms with Crippen LogP contribution in [0.5, 0.6) is 0 Å². The van der Waals surface area contributed by atoms with E-state index in [9.17, 15) is 61.0 Å². The van der Waals surface area contributed by atoms with E-state index in [1.807, 2.05) is 6.92 Å². The summed E-state index contributed by atoms with van der Waals surface area (Å²) < 4.78 is 34.0. The number of rotatable bonds is 44. The number of aliphatic hydroxyl groups is 11. The van der Waals surface area contributed by atoms with Crippen molar-refractivity contribution in [2.45, 2.75) is 285 Å². The summed E-state index contributed by atoms with van der Waals surface area (Å²) in [7, 11) is 0. The van der Waals surface area contributed by atoms with Crippen LogP contribution in [0.2, 0.25) is 0 Å². The first-order valence-electron chi connectivity index (χ1n) is 30.7. The van der Waals surface area contributed by atoms with Gasteiger partial charge in [0.05, 0.1) is 38.6 Å². The summed E-state index contributed by atoms with van der Waals surface area (Å²) in [6, 6.07) is -0.885. The van der Waals surface area contributed by atoms with Crippen LogP contribution < -0.4 is 5.32 Å². The van der Waals surface area contributed by atoms with Crippen LogP contribution in [0.15, 0.2) is 72.9 Å². The Kier molecular flexibility index (Phi) is 40.0. The molecule has 19 nitrogen and oxygen atoms in total. The zero-order valence-electron chi connectivity index (χ0n) is 48.7. The Morgan fingerprint density at radius 3 is 1.31 bits per heavy atom.